The minimum Gasteiger partial charge on any atom is -0.403 e. The zero-order chi connectivity index (χ0) is 14.8. The van der Waals surface area contributed by atoms with E-state index in [1.165, 1.54) is 0 Å². The van der Waals surface area contributed by atoms with Gasteiger partial charge in [-0.05, 0) is 17.7 Å². The molecular formula is C10H8F7NO. The van der Waals surface area contributed by atoms with Crippen LogP contribution in [0.4, 0.5) is 30.7 Å². The van der Waals surface area contributed by atoms with Crippen molar-refractivity contribution in [3.05, 3.63) is 29.6 Å². The summed E-state index contributed by atoms with van der Waals surface area (Å²) < 4.78 is 88.2. The van der Waals surface area contributed by atoms with Crippen LogP contribution in [0.25, 0.3) is 0 Å². The van der Waals surface area contributed by atoms with E-state index in [0.717, 1.165) is 6.07 Å². The molecule has 1 aromatic rings. The average molecular weight is 291 g/mol. The van der Waals surface area contributed by atoms with Gasteiger partial charge in [0.25, 0.3) is 0 Å². The number of hydrogen-bond donors (Lipinski definition) is 1. The van der Waals surface area contributed by atoms with Crippen molar-refractivity contribution in [1.29, 1.82) is 0 Å². The second-order valence-corrected chi connectivity index (χ2v) is 3.66. The van der Waals surface area contributed by atoms with E-state index in [1.54, 1.807) is 0 Å². The number of hydrogen-bond acceptors (Lipinski definition) is 2. The molecule has 0 aliphatic carbocycles. The highest BCUT2D eigenvalue weighted by Gasteiger charge is 2.33. The molecule has 1 atom stereocenters. The minimum absolute atomic E-state index is 0.274. The van der Waals surface area contributed by atoms with Gasteiger partial charge in [0.15, 0.2) is 11.6 Å². The molecule has 1 aromatic carbocycles. The van der Waals surface area contributed by atoms with E-state index in [9.17, 15) is 30.7 Å². The maximum Gasteiger partial charge on any atom is 0.573 e. The van der Waals surface area contributed by atoms with Crippen molar-refractivity contribution in [2.24, 2.45) is 5.73 Å². The number of rotatable bonds is 3. The molecule has 108 valence electrons. The van der Waals surface area contributed by atoms with E-state index in [2.05, 4.69) is 4.74 Å². The predicted octanol–water partition coefficient (Wildman–Crippen LogP) is 3.68. The fourth-order valence-electron chi connectivity index (χ4n) is 1.32. The van der Waals surface area contributed by atoms with Gasteiger partial charge in [0.1, 0.15) is 0 Å². The highest BCUT2D eigenvalue weighted by Crippen LogP contribution is 2.31. The molecule has 0 aliphatic heterocycles. The van der Waals surface area contributed by atoms with Gasteiger partial charge in [0.05, 0.1) is 6.42 Å². The Morgan fingerprint density at radius 3 is 2.11 bits per heavy atom. The van der Waals surface area contributed by atoms with Crippen LogP contribution in [-0.4, -0.2) is 12.5 Å². The molecule has 1 rings (SSSR count). The molecule has 0 saturated heterocycles. The van der Waals surface area contributed by atoms with E-state index in [1.807, 2.05) is 0 Å². The second-order valence-electron chi connectivity index (χ2n) is 3.66. The van der Waals surface area contributed by atoms with Gasteiger partial charge in [-0.25, -0.2) is 4.39 Å². The smallest absolute Gasteiger partial charge is 0.403 e. The summed E-state index contributed by atoms with van der Waals surface area (Å²) in [7, 11) is 0. The van der Waals surface area contributed by atoms with E-state index in [4.69, 9.17) is 5.73 Å². The monoisotopic (exact) mass is 291 g/mol. The lowest BCUT2D eigenvalue weighted by atomic mass is 10.0. The highest BCUT2D eigenvalue weighted by atomic mass is 19.4. The van der Waals surface area contributed by atoms with Crippen LogP contribution in [0.3, 0.4) is 0 Å². The molecule has 19 heavy (non-hydrogen) atoms. The molecule has 2 N–H and O–H groups in total. The summed E-state index contributed by atoms with van der Waals surface area (Å²) in [6, 6.07) is 0.348. The van der Waals surface area contributed by atoms with Crippen LogP contribution in [-0.2, 0) is 0 Å². The van der Waals surface area contributed by atoms with Gasteiger partial charge in [-0.3, -0.25) is 0 Å². The fraction of sp³-hybridized carbons (Fsp3) is 0.400. The van der Waals surface area contributed by atoms with E-state index in [0.29, 0.717) is 12.1 Å². The van der Waals surface area contributed by atoms with Crippen LogP contribution in [0.1, 0.15) is 18.0 Å². The molecule has 0 aliphatic rings. The molecule has 0 unspecified atom stereocenters. The van der Waals surface area contributed by atoms with Gasteiger partial charge >= 0.3 is 12.5 Å². The Kier molecular flexibility index (Phi) is 4.28. The van der Waals surface area contributed by atoms with Gasteiger partial charge in [-0.15, -0.1) is 13.2 Å². The first-order valence-electron chi connectivity index (χ1n) is 4.85. The summed E-state index contributed by atoms with van der Waals surface area (Å²) in [4.78, 5) is 0. The average Bonchev–Trinajstić information content (AvgIpc) is 2.16. The Morgan fingerprint density at radius 1 is 1.11 bits per heavy atom. The third-order valence-electron chi connectivity index (χ3n) is 2.06. The van der Waals surface area contributed by atoms with Crippen LogP contribution >= 0.6 is 0 Å². The van der Waals surface area contributed by atoms with Crippen molar-refractivity contribution in [1.82, 2.24) is 0 Å². The Labute approximate surface area is 103 Å². The summed E-state index contributed by atoms with van der Waals surface area (Å²) >= 11 is 0. The van der Waals surface area contributed by atoms with Crippen LogP contribution in [0.2, 0.25) is 0 Å². The van der Waals surface area contributed by atoms with Crippen molar-refractivity contribution in [3.63, 3.8) is 0 Å². The van der Waals surface area contributed by atoms with Crippen molar-refractivity contribution in [2.75, 3.05) is 0 Å². The molecule has 0 amide bonds. The van der Waals surface area contributed by atoms with Crippen LogP contribution in [0.5, 0.6) is 5.75 Å². The number of halogens is 7. The largest absolute Gasteiger partial charge is 0.573 e. The fourth-order valence-corrected chi connectivity index (χ4v) is 1.32. The topological polar surface area (TPSA) is 35.2 Å². The maximum atomic E-state index is 13.2. The summed E-state index contributed by atoms with van der Waals surface area (Å²) in [6.07, 6.45) is -11.1. The number of ether oxygens (including phenoxy) is 1. The molecule has 0 bridgehead atoms. The molecule has 0 fully saturated rings. The molecule has 0 heterocycles. The normalized spacial score (nSPS) is 14.3. The SMILES string of the molecule is N[C@@H](CC(F)(F)F)c1ccc(OC(F)(F)F)c(F)c1. The number of nitrogens with two attached hydrogens (primary N) is 1. The molecule has 9 heteroatoms. The van der Waals surface area contributed by atoms with E-state index in [-0.39, 0.29) is 5.56 Å². The molecule has 0 saturated carbocycles. The highest BCUT2D eigenvalue weighted by molar-refractivity contribution is 5.31. The van der Waals surface area contributed by atoms with E-state index >= 15 is 0 Å². The zero-order valence-corrected chi connectivity index (χ0v) is 9.15. The molecule has 0 radical (unpaired) electrons. The molecule has 2 nitrogen and oxygen atoms in total. The second kappa shape index (κ2) is 5.24. The molecule has 0 aromatic heterocycles. The Balaban J connectivity index is 2.88. The van der Waals surface area contributed by atoms with E-state index < -0.39 is 36.6 Å². The number of alkyl halides is 6. The lowest BCUT2D eigenvalue weighted by Gasteiger charge is -2.16. The van der Waals surface area contributed by atoms with Crippen molar-refractivity contribution >= 4 is 0 Å². The number of benzene rings is 1. The van der Waals surface area contributed by atoms with Gasteiger partial charge < -0.3 is 10.5 Å². The minimum atomic E-state index is -5.09. The third-order valence-corrected chi connectivity index (χ3v) is 2.06. The lowest BCUT2D eigenvalue weighted by molar-refractivity contribution is -0.275. The Morgan fingerprint density at radius 2 is 1.68 bits per heavy atom. The van der Waals surface area contributed by atoms with Crippen molar-refractivity contribution in [2.45, 2.75) is 25.0 Å². The van der Waals surface area contributed by atoms with Crippen molar-refractivity contribution in [3.8, 4) is 5.75 Å². The Bertz CT molecular complexity index is 440. The van der Waals surface area contributed by atoms with Crippen LogP contribution in [0.15, 0.2) is 18.2 Å². The zero-order valence-electron chi connectivity index (χ0n) is 9.15. The standard InChI is InChI=1S/C10H8F7NO/c11-6-3-5(7(18)4-9(12,13)14)1-2-8(6)19-10(15,16)17/h1-3,7H,4,18H2/t7-/m0/s1. The first-order chi connectivity index (χ1) is 8.48. The quantitative estimate of drug-likeness (QED) is 0.862. The first-order valence-corrected chi connectivity index (χ1v) is 4.85. The lowest BCUT2D eigenvalue weighted by Crippen LogP contribution is -2.21. The van der Waals surface area contributed by atoms with Gasteiger partial charge in [0.2, 0.25) is 0 Å². The van der Waals surface area contributed by atoms with Gasteiger partial charge in [0, 0.05) is 6.04 Å². The van der Waals surface area contributed by atoms with Gasteiger partial charge in [-0.2, -0.15) is 13.2 Å². The summed E-state index contributed by atoms with van der Waals surface area (Å²) in [6.45, 7) is 0. The Hall–Kier alpha value is -1.51. The van der Waals surface area contributed by atoms with Crippen LogP contribution < -0.4 is 10.5 Å². The summed E-state index contributed by atoms with van der Waals surface area (Å²) in [5.74, 6) is -2.57. The first kappa shape index (κ1) is 15.5. The summed E-state index contributed by atoms with van der Waals surface area (Å²) in [5.41, 5.74) is 4.90. The summed E-state index contributed by atoms with van der Waals surface area (Å²) in [5, 5.41) is 0. The van der Waals surface area contributed by atoms with Crippen LogP contribution in [0, 0.1) is 5.82 Å². The molecular weight excluding hydrogens is 283 g/mol. The van der Waals surface area contributed by atoms with Crippen molar-refractivity contribution < 1.29 is 35.5 Å². The third kappa shape index (κ3) is 5.33. The maximum absolute atomic E-state index is 13.2. The van der Waals surface area contributed by atoms with Gasteiger partial charge in [-0.1, -0.05) is 6.07 Å². The predicted molar refractivity (Wildman–Crippen MR) is 50.7 cm³/mol. The molecule has 0 spiro atoms.